The summed E-state index contributed by atoms with van der Waals surface area (Å²) in [5.41, 5.74) is 3.05. The molecule has 232 valence electrons. The van der Waals surface area contributed by atoms with Crippen LogP contribution < -0.4 is 15.7 Å². The molecular formula is C36H38FN5O3. The molecule has 0 unspecified atom stereocenters. The van der Waals surface area contributed by atoms with E-state index in [-0.39, 0.29) is 23.1 Å². The van der Waals surface area contributed by atoms with Gasteiger partial charge in [0.2, 0.25) is 0 Å². The maximum Gasteiger partial charge on any atom is 0.348 e. The Bertz CT molecular complexity index is 1740. The van der Waals surface area contributed by atoms with Crippen molar-refractivity contribution in [1.29, 1.82) is 0 Å². The number of aromatic nitrogens is 3. The first-order chi connectivity index (χ1) is 21.8. The molecule has 0 aliphatic heterocycles. The molecule has 0 fully saturated rings. The van der Waals surface area contributed by atoms with Crippen LogP contribution in [-0.2, 0) is 19.6 Å². The molecule has 8 nitrogen and oxygen atoms in total. The largest absolute Gasteiger partial charge is 0.490 e. The van der Waals surface area contributed by atoms with Gasteiger partial charge in [0.25, 0.3) is 5.91 Å². The summed E-state index contributed by atoms with van der Waals surface area (Å²) >= 11 is 0. The van der Waals surface area contributed by atoms with E-state index in [2.05, 4.69) is 20.3 Å². The first-order valence-electron chi connectivity index (χ1n) is 15.2. The van der Waals surface area contributed by atoms with Crippen LogP contribution in [0.1, 0.15) is 59.6 Å². The Morgan fingerprint density at radius 3 is 2.20 bits per heavy atom. The smallest absolute Gasteiger partial charge is 0.348 e. The molecule has 0 saturated heterocycles. The number of nitrogens with one attached hydrogen (secondary N) is 2. The predicted molar refractivity (Wildman–Crippen MR) is 174 cm³/mol. The zero-order chi connectivity index (χ0) is 31.8. The first-order valence-corrected chi connectivity index (χ1v) is 15.2. The minimum absolute atomic E-state index is 0.0307. The van der Waals surface area contributed by atoms with Gasteiger partial charge in [-0.05, 0) is 49.1 Å². The number of carbonyl (C=O) groups excluding carboxylic acids is 1. The lowest BCUT2D eigenvalue weighted by molar-refractivity contribution is 0.101. The fraction of sp³-hybridized carbons (Fsp3) is 0.250. The van der Waals surface area contributed by atoms with Gasteiger partial charge in [-0.15, -0.1) is 5.10 Å². The Hall–Kier alpha value is -5.02. The van der Waals surface area contributed by atoms with E-state index in [4.69, 9.17) is 4.74 Å². The van der Waals surface area contributed by atoms with Crippen LogP contribution in [0.15, 0.2) is 102 Å². The summed E-state index contributed by atoms with van der Waals surface area (Å²) in [5, 5.41) is 7.34. The van der Waals surface area contributed by atoms with E-state index < -0.39 is 17.4 Å². The summed E-state index contributed by atoms with van der Waals surface area (Å²) in [7, 11) is 0. The number of ether oxygens (including phenoxy) is 1. The summed E-state index contributed by atoms with van der Waals surface area (Å²) in [6.45, 7) is 7.37. The molecule has 0 bridgehead atoms. The molecule has 5 rings (SSSR count). The van der Waals surface area contributed by atoms with Gasteiger partial charge in [-0.2, -0.15) is 4.68 Å². The van der Waals surface area contributed by atoms with Crippen LogP contribution in [-0.4, -0.2) is 31.7 Å². The van der Waals surface area contributed by atoms with Crippen molar-refractivity contribution < 1.29 is 13.9 Å². The van der Waals surface area contributed by atoms with E-state index in [1.54, 1.807) is 6.07 Å². The topological polar surface area (TPSA) is 92.2 Å². The van der Waals surface area contributed by atoms with Gasteiger partial charge < -0.3 is 10.1 Å². The lowest BCUT2D eigenvalue weighted by atomic mass is 10.1. The Morgan fingerprint density at radius 2 is 1.58 bits per heavy atom. The third-order valence-electron chi connectivity index (χ3n) is 7.47. The minimum Gasteiger partial charge on any atom is -0.490 e. The van der Waals surface area contributed by atoms with Crippen molar-refractivity contribution in [2.75, 3.05) is 5.32 Å². The zero-order valence-electron chi connectivity index (χ0n) is 25.8. The number of H-pyrrole nitrogens is 1. The van der Waals surface area contributed by atoms with Crippen molar-refractivity contribution in [3.8, 4) is 11.4 Å². The molecule has 5 aromatic rings. The second kappa shape index (κ2) is 14.6. The van der Waals surface area contributed by atoms with Gasteiger partial charge in [-0.3, -0.25) is 14.7 Å². The van der Waals surface area contributed by atoms with E-state index in [9.17, 15) is 9.59 Å². The van der Waals surface area contributed by atoms with Gasteiger partial charge in [-0.1, -0.05) is 92.2 Å². The number of carbonyl (C=O) groups is 1. The number of nitrogens with zero attached hydrogens (tertiary/aromatic N) is 3. The van der Waals surface area contributed by atoms with Crippen LogP contribution >= 0.6 is 0 Å². The molecule has 0 saturated carbocycles. The van der Waals surface area contributed by atoms with E-state index in [1.165, 1.54) is 6.07 Å². The normalized spacial score (nSPS) is 11.8. The maximum absolute atomic E-state index is 15.7. The molecule has 9 heteroatoms. The number of rotatable bonds is 13. The summed E-state index contributed by atoms with van der Waals surface area (Å²) < 4.78 is 22.9. The highest BCUT2D eigenvalue weighted by atomic mass is 19.1. The number of anilines is 1. The molecule has 4 aromatic carbocycles. The molecule has 45 heavy (non-hydrogen) atoms. The van der Waals surface area contributed by atoms with Gasteiger partial charge in [0.05, 0.1) is 18.2 Å². The number of amides is 1. The number of aryl methyl sites for hydroxylation is 1. The Kier molecular flexibility index (Phi) is 10.2. The number of hydrogen-bond donors (Lipinski definition) is 2. The molecule has 0 aliphatic rings. The van der Waals surface area contributed by atoms with E-state index in [1.807, 2.05) is 99.6 Å². The summed E-state index contributed by atoms with van der Waals surface area (Å²) in [6, 6.07) is 29.9. The Labute approximate surface area is 262 Å². The van der Waals surface area contributed by atoms with Crippen molar-refractivity contribution in [3.63, 3.8) is 0 Å². The van der Waals surface area contributed by atoms with Crippen LogP contribution in [0, 0.1) is 12.7 Å². The van der Waals surface area contributed by atoms with Crippen LogP contribution in [0.25, 0.3) is 5.69 Å². The lowest BCUT2D eigenvalue weighted by Gasteiger charge is -2.21. The van der Waals surface area contributed by atoms with Crippen molar-refractivity contribution in [2.45, 2.75) is 59.4 Å². The summed E-state index contributed by atoms with van der Waals surface area (Å²) in [6.07, 6.45) is 1.36. The fourth-order valence-corrected chi connectivity index (χ4v) is 5.23. The minimum atomic E-state index is -0.772. The summed E-state index contributed by atoms with van der Waals surface area (Å²) in [5.74, 6) is -0.730. The van der Waals surface area contributed by atoms with Gasteiger partial charge >= 0.3 is 5.69 Å². The van der Waals surface area contributed by atoms with Crippen LogP contribution in [0.5, 0.6) is 5.75 Å². The summed E-state index contributed by atoms with van der Waals surface area (Å²) in [4.78, 5) is 31.5. The van der Waals surface area contributed by atoms with Gasteiger partial charge in [0, 0.05) is 24.8 Å². The van der Waals surface area contributed by atoms with Gasteiger partial charge in [-0.25, -0.2) is 9.18 Å². The third kappa shape index (κ3) is 8.13. The maximum atomic E-state index is 15.7. The van der Waals surface area contributed by atoms with Gasteiger partial charge in [0.1, 0.15) is 23.1 Å². The lowest BCUT2D eigenvalue weighted by Crippen LogP contribution is -2.23. The van der Waals surface area contributed by atoms with Crippen molar-refractivity contribution >= 4 is 11.6 Å². The highest BCUT2D eigenvalue weighted by Crippen LogP contribution is 2.28. The quantitative estimate of drug-likeness (QED) is 0.150. The molecule has 1 heterocycles. The molecule has 1 atom stereocenters. The second-order valence-corrected chi connectivity index (χ2v) is 11.2. The molecule has 0 spiro atoms. The highest BCUT2D eigenvalue weighted by molar-refractivity contribution is 6.06. The van der Waals surface area contributed by atoms with Crippen molar-refractivity contribution in [2.24, 2.45) is 0 Å². The van der Waals surface area contributed by atoms with Crippen LogP contribution in [0.4, 0.5) is 10.1 Å². The van der Waals surface area contributed by atoms with Crippen molar-refractivity contribution in [1.82, 2.24) is 19.7 Å². The molecule has 2 N–H and O–H groups in total. The number of para-hydroxylation sites is 1. The first kappa shape index (κ1) is 31.4. The van der Waals surface area contributed by atoms with Crippen LogP contribution in [0.3, 0.4) is 0 Å². The number of hydrogen-bond acceptors (Lipinski definition) is 5. The SMILES string of the molecule is CCC[C@H](C)Oc1cc(-n2nc(CN(Cc3ccccc3)Cc3ccccc3)[nH]c2=O)c(F)cc1C(=O)Nc1ccccc1C. The van der Waals surface area contributed by atoms with Crippen molar-refractivity contribution in [3.05, 3.63) is 141 Å². The highest BCUT2D eigenvalue weighted by Gasteiger charge is 2.23. The van der Waals surface area contributed by atoms with E-state index in [0.29, 0.717) is 31.1 Å². The second-order valence-electron chi connectivity index (χ2n) is 11.2. The molecular weight excluding hydrogens is 569 g/mol. The molecule has 1 amide bonds. The fourth-order valence-electron chi connectivity index (χ4n) is 5.23. The average Bonchev–Trinajstić information content (AvgIpc) is 3.39. The Morgan fingerprint density at radius 1 is 0.956 bits per heavy atom. The van der Waals surface area contributed by atoms with Gasteiger partial charge in [0.15, 0.2) is 0 Å². The van der Waals surface area contributed by atoms with Crippen LogP contribution in [0.2, 0.25) is 0 Å². The Balaban J connectivity index is 1.46. The number of benzene rings is 4. The third-order valence-corrected chi connectivity index (χ3v) is 7.47. The molecule has 1 aromatic heterocycles. The number of halogens is 1. The van der Waals surface area contributed by atoms with E-state index in [0.717, 1.165) is 40.3 Å². The number of aromatic amines is 1. The predicted octanol–water partition coefficient (Wildman–Crippen LogP) is 7.03. The average molecular weight is 608 g/mol. The molecule has 0 radical (unpaired) electrons. The monoisotopic (exact) mass is 607 g/mol. The molecule has 0 aliphatic carbocycles. The standard InChI is InChI=1S/C36H38FN5O3/c1-4-13-26(3)45-33-21-32(30(37)20-29(33)35(43)38-31-19-12-11-14-25(31)2)42-36(44)39-34(40-42)24-41(22-27-15-7-5-8-16-27)23-28-17-9-6-10-18-28/h5-12,14-21,26H,4,13,22-24H2,1-3H3,(H,38,43)(H,39,40,44)/t26-/m0/s1. The zero-order valence-corrected chi connectivity index (χ0v) is 25.8. The van der Waals surface area contributed by atoms with E-state index >= 15 is 4.39 Å².